The molecule has 2 saturated carbocycles. The quantitative estimate of drug-likeness (QED) is 0.397. The third kappa shape index (κ3) is 3.93. The second kappa shape index (κ2) is 7.82. The third-order valence-corrected chi connectivity index (χ3v) is 8.16. The first kappa shape index (κ1) is 22.1. The molecule has 2 aliphatic carbocycles. The van der Waals surface area contributed by atoms with Crippen LogP contribution in [0.4, 0.5) is 24.7 Å². The van der Waals surface area contributed by atoms with Gasteiger partial charge in [-0.15, -0.1) is 5.10 Å². The average Bonchev–Trinajstić information content (AvgIpc) is 3.46. The molecule has 1 amide bonds. The van der Waals surface area contributed by atoms with E-state index in [0.29, 0.717) is 11.0 Å². The molecule has 10 heteroatoms. The van der Waals surface area contributed by atoms with E-state index < -0.39 is 30.8 Å². The lowest BCUT2D eigenvalue weighted by Crippen LogP contribution is -2.37. The van der Waals surface area contributed by atoms with Gasteiger partial charge in [-0.2, -0.15) is 4.39 Å². The number of anilines is 2. The summed E-state index contributed by atoms with van der Waals surface area (Å²) in [7, 11) is 0. The van der Waals surface area contributed by atoms with Gasteiger partial charge in [0, 0.05) is 29.5 Å². The van der Waals surface area contributed by atoms with E-state index in [1.807, 2.05) is 18.2 Å². The Morgan fingerprint density at radius 3 is 2.50 bits per heavy atom. The van der Waals surface area contributed by atoms with E-state index in [4.69, 9.17) is 0 Å². The lowest BCUT2D eigenvalue weighted by atomic mass is 9.88. The first-order chi connectivity index (χ1) is 16.2. The minimum Gasteiger partial charge on any atom is -0.371 e. The molecule has 178 valence electrons. The second-order valence-electron chi connectivity index (χ2n) is 9.82. The summed E-state index contributed by atoms with van der Waals surface area (Å²) in [6.07, 6.45) is 4.12. The lowest BCUT2D eigenvalue weighted by Gasteiger charge is -2.35. The molecule has 34 heavy (non-hydrogen) atoms. The monoisotopic (exact) mass is 581 g/mol. The number of rotatable bonds is 4. The van der Waals surface area contributed by atoms with Gasteiger partial charge < -0.3 is 10.2 Å². The maximum absolute atomic E-state index is 14.3. The number of hydrogen-bond donors (Lipinski definition) is 1. The minimum absolute atomic E-state index is 0.144. The number of piperidine rings is 1. The molecule has 1 N–H and O–H groups in total. The van der Waals surface area contributed by atoms with Crippen LogP contribution in [0.3, 0.4) is 0 Å². The highest BCUT2D eigenvalue weighted by Crippen LogP contribution is 2.54. The van der Waals surface area contributed by atoms with Crippen molar-refractivity contribution in [1.29, 1.82) is 0 Å². The summed E-state index contributed by atoms with van der Waals surface area (Å²) in [4.78, 5) is 19.9. The van der Waals surface area contributed by atoms with Crippen molar-refractivity contribution < 1.29 is 18.0 Å². The molecule has 0 radical (unpaired) electrons. The molecule has 0 bridgehead atoms. The Kier molecular flexibility index (Phi) is 5.09. The van der Waals surface area contributed by atoms with E-state index in [0.717, 1.165) is 35.2 Å². The van der Waals surface area contributed by atoms with Crippen molar-refractivity contribution >= 4 is 51.0 Å². The molecular formula is C24H23F3IN5O. The van der Waals surface area contributed by atoms with Crippen LogP contribution in [0.5, 0.6) is 0 Å². The number of nitrogens with zero attached hydrogens (tertiary/aromatic N) is 4. The van der Waals surface area contributed by atoms with Crippen LogP contribution in [0.1, 0.15) is 54.9 Å². The SMILES string of the molecule is O=C(Nc1ccc2c(F)nn(C3CC(F)(F)C3)c2n1)c1ccc(I)cc1N1CCC2(CC1)CC2. The molecule has 6 rings (SSSR count). The molecule has 1 aromatic carbocycles. The van der Waals surface area contributed by atoms with Crippen molar-refractivity contribution in [2.45, 2.75) is 50.5 Å². The Morgan fingerprint density at radius 2 is 1.82 bits per heavy atom. The van der Waals surface area contributed by atoms with Crippen LogP contribution in [0.2, 0.25) is 0 Å². The molecular weight excluding hydrogens is 558 g/mol. The van der Waals surface area contributed by atoms with Gasteiger partial charge >= 0.3 is 0 Å². The van der Waals surface area contributed by atoms with Gasteiger partial charge in [0.05, 0.1) is 22.7 Å². The van der Waals surface area contributed by atoms with Gasteiger partial charge in [0.25, 0.3) is 11.8 Å². The summed E-state index contributed by atoms with van der Waals surface area (Å²) in [6, 6.07) is 8.10. The van der Waals surface area contributed by atoms with Crippen molar-refractivity contribution in [3.8, 4) is 0 Å². The highest BCUT2D eigenvalue weighted by molar-refractivity contribution is 14.1. The number of hydrogen-bond acceptors (Lipinski definition) is 4. The smallest absolute Gasteiger partial charge is 0.258 e. The van der Waals surface area contributed by atoms with Crippen molar-refractivity contribution in [2.75, 3.05) is 23.3 Å². The highest BCUT2D eigenvalue weighted by Gasteiger charge is 2.47. The Balaban J connectivity index is 1.26. The van der Waals surface area contributed by atoms with Crippen LogP contribution in [0, 0.1) is 14.9 Å². The maximum atomic E-state index is 14.3. The summed E-state index contributed by atoms with van der Waals surface area (Å²) in [5.41, 5.74) is 2.13. The molecule has 3 fully saturated rings. The number of carbonyl (C=O) groups excluding carboxylic acids is 1. The van der Waals surface area contributed by atoms with Crippen LogP contribution in [0.25, 0.3) is 11.0 Å². The van der Waals surface area contributed by atoms with E-state index in [1.165, 1.54) is 29.7 Å². The van der Waals surface area contributed by atoms with Gasteiger partial charge in [-0.1, -0.05) is 0 Å². The van der Waals surface area contributed by atoms with E-state index in [9.17, 15) is 18.0 Å². The van der Waals surface area contributed by atoms with Gasteiger partial charge in [-0.3, -0.25) is 4.79 Å². The second-order valence-corrected chi connectivity index (χ2v) is 11.1. The molecule has 0 atom stereocenters. The van der Waals surface area contributed by atoms with Gasteiger partial charge in [0.15, 0.2) is 5.65 Å². The summed E-state index contributed by atoms with van der Waals surface area (Å²) in [6.45, 7) is 1.85. The molecule has 1 saturated heterocycles. The third-order valence-electron chi connectivity index (χ3n) is 7.49. The van der Waals surface area contributed by atoms with E-state index in [2.05, 4.69) is 42.9 Å². The Hall–Kier alpha value is -2.37. The lowest BCUT2D eigenvalue weighted by molar-refractivity contribution is -0.106. The van der Waals surface area contributed by atoms with Crippen molar-refractivity contribution in [3.05, 3.63) is 45.4 Å². The number of pyridine rings is 1. The van der Waals surface area contributed by atoms with Crippen molar-refractivity contribution in [1.82, 2.24) is 14.8 Å². The molecule has 3 aromatic rings. The largest absolute Gasteiger partial charge is 0.371 e. The van der Waals surface area contributed by atoms with Crippen LogP contribution in [-0.2, 0) is 0 Å². The number of aromatic nitrogens is 3. The molecule has 2 aromatic heterocycles. The van der Waals surface area contributed by atoms with Crippen molar-refractivity contribution in [2.24, 2.45) is 5.41 Å². The molecule has 1 aliphatic heterocycles. The number of benzene rings is 1. The molecule has 0 unspecified atom stereocenters. The first-order valence-corrected chi connectivity index (χ1v) is 12.6. The first-order valence-electron chi connectivity index (χ1n) is 11.5. The number of amides is 1. The number of halogens is 4. The predicted octanol–water partition coefficient (Wildman–Crippen LogP) is 5.78. The zero-order valence-corrected chi connectivity index (χ0v) is 20.5. The number of alkyl halides is 2. The fraction of sp³-hybridized carbons (Fsp3) is 0.458. The molecule has 6 nitrogen and oxygen atoms in total. The van der Waals surface area contributed by atoms with Gasteiger partial charge in [0.2, 0.25) is 5.95 Å². The summed E-state index contributed by atoms with van der Waals surface area (Å²) >= 11 is 2.25. The van der Waals surface area contributed by atoms with Crippen LogP contribution in [-0.4, -0.2) is 39.7 Å². The summed E-state index contributed by atoms with van der Waals surface area (Å²) in [5.74, 6) is -3.61. The molecule has 1 spiro atoms. The van der Waals surface area contributed by atoms with Gasteiger partial charge in [-0.05, 0) is 84.0 Å². The predicted molar refractivity (Wildman–Crippen MR) is 131 cm³/mol. The van der Waals surface area contributed by atoms with Gasteiger partial charge in [0.1, 0.15) is 5.82 Å². The molecule has 3 heterocycles. The zero-order chi connectivity index (χ0) is 23.7. The van der Waals surface area contributed by atoms with Crippen LogP contribution in [0.15, 0.2) is 30.3 Å². The average molecular weight is 581 g/mol. The normalized spacial score (nSPS) is 21.0. The van der Waals surface area contributed by atoms with E-state index in [1.54, 1.807) is 0 Å². The fourth-order valence-electron chi connectivity index (χ4n) is 5.15. The zero-order valence-electron chi connectivity index (χ0n) is 18.3. The van der Waals surface area contributed by atoms with E-state index in [-0.39, 0.29) is 22.8 Å². The highest BCUT2D eigenvalue weighted by atomic mass is 127. The topological polar surface area (TPSA) is 63.1 Å². The maximum Gasteiger partial charge on any atom is 0.258 e. The van der Waals surface area contributed by atoms with E-state index >= 15 is 0 Å². The van der Waals surface area contributed by atoms with Gasteiger partial charge in [-0.25, -0.2) is 18.4 Å². The Bertz CT molecular complexity index is 1290. The Labute approximate surface area is 208 Å². The number of fused-ring (bicyclic) bond motifs is 1. The van der Waals surface area contributed by atoms with Crippen LogP contribution < -0.4 is 10.2 Å². The van der Waals surface area contributed by atoms with Crippen molar-refractivity contribution in [3.63, 3.8) is 0 Å². The summed E-state index contributed by atoms with van der Waals surface area (Å²) in [5, 5.41) is 6.75. The summed E-state index contributed by atoms with van der Waals surface area (Å²) < 4.78 is 43.3. The number of nitrogens with one attached hydrogen (secondary N) is 1. The number of carbonyl (C=O) groups is 1. The Morgan fingerprint density at radius 1 is 1.09 bits per heavy atom. The fourth-order valence-corrected chi connectivity index (χ4v) is 5.62. The van der Waals surface area contributed by atoms with Crippen LogP contribution >= 0.6 is 22.6 Å². The molecule has 3 aliphatic rings. The standard InChI is InChI=1S/C24H23F3IN5O/c25-20-17-3-4-19(29-21(17)33(31-20)15-12-24(26,27)13-15)30-22(34)16-2-1-14(28)11-18(16)32-9-7-23(5-6-23)8-10-32/h1-4,11,15H,5-10,12-13H2,(H,29,30,34). The minimum atomic E-state index is -2.76.